The van der Waals surface area contributed by atoms with Crippen molar-refractivity contribution in [3.8, 4) is 0 Å². The van der Waals surface area contributed by atoms with Crippen LogP contribution in [0.1, 0.15) is 44.9 Å². The van der Waals surface area contributed by atoms with Gasteiger partial charge in [0.25, 0.3) is 0 Å². The Hall–Kier alpha value is -1.50. The molecule has 1 unspecified atom stereocenters. The molecule has 1 heterocycles. The van der Waals surface area contributed by atoms with Crippen LogP contribution in [0.5, 0.6) is 0 Å². The van der Waals surface area contributed by atoms with Crippen LogP contribution < -0.4 is 5.73 Å². The van der Waals surface area contributed by atoms with Crippen LogP contribution in [0.25, 0.3) is 10.4 Å². The molecular weight excluding hydrogens is 334 g/mol. The highest BCUT2D eigenvalue weighted by Crippen LogP contribution is 2.28. The second-order valence-corrected chi connectivity index (χ2v) is 6.47. The third kappa shape index (κ3) is 5.00. The molecule has 2 fully saturated rings. The summed E-state index contributed by atoms with van der Waals surface area (Å²) in [5, 5.41) is 3.64. The number of azide groups is 1. The van der Waals surface area contributed by atoms with Gasteiger partial charge >= 0.3 is 5.97 Å². The second-order valence-electron chi connectivity index (χ2n) is 6.47. The number of likely N-dealkylation sites (tertiary alicyclic amines) is 1. The molecule has 1 aliphatic heterocycles. The number of carbonyl (C=O) groups excluding carboxylic acids is 2. The van der Waals surface area contributed by atoms with E-state index < -0.39 is 24.1 Å². The van der Waals surface area contributed by atoms with Crippen molar-refractivity contribution in [3.63, 3.8) is 0 Å². The van der Waals surface area contributed by atoms with E-state index >= 15 is 0 Å². The van der Waals surface area contributed by atoms with Crippen LogP contribution in [0.4, 0.5) is 0 Å². The average molecular weight is 360 g/mol. The van der Waals surface area contributed by atoms with Gasteiger partial charge in [-0.05, 0) is 24.3 Å². The molecule has 0 aromatic rings. The summed E-state index contributed by atoms with van der Waals surface area (Å²) < 4.78 is 4.76. The molecule has 9 heteroatoms. The van der Waals surface area contributed by atoms with E-state index in [0.29, 0.717) is 18.8 Å². The lowest BCUT2D eigenvalue weighted by molar-refractivity contribution is -0.151. The summed E-state index contributed by atoms with van der Waals surface area (Å²) in [6.07, 6.45) is 6.81. The average Bonchev–Trinajstić information content (AvgIpc) is 2.98. The number of ether oxygens (including phenoxy) is 1. The number of nitrogens with two attached hydrogens (primary N) is 1. The quantitative estimate of drug-likeness (QED) is 0.349. The highest BCUT2D eigenvalue weighted by atomic mass is 35.5. The third-order valence-corrected chi connectivity index (χ3v) is 4.88. The van der Waals surface area contributed by atoms with Gasteiger partial charge in [-0.1, -0.05) is 37.2 Å². The largest absolute Gasteiger partial charge is 0.467 e. The number of rotatable bonds is 5. The second kappa shape index (κ2) is 9.71. The van der Waals surface area contributed by atoms with E-state index in [4.69, 9.17) is 16.0 Å². The number of hydrogen-bond acceptors (Lipinski definition) is 5. The molecule has 24 heavy (non-hydrogen) atoms. The zero-order valence-corrected chi connectivity index (χ0v) is 14.8. The number of carbonyl (C=O) groups is 2. The van der Waals surface area contributed by atoms with Gasteiger partial charge in [-0.2, -0.15) is 0 Å². The Kier molecular flexibility index (Phi) is 8.31. The molecule has 0 radical (unpaired) electrons. The molecule has 2 aliphatic rings. The minimum absolute atomic E-state index is 0. The lowest BCUT2D eigenvalue weighted by atomic mass is 9.84. The number of nitrogens with zero attached hydrogens (tertiary/aromatic N) is 4. The van der Waals surface area contributed by atoms with Gasteiger partial charge in [0.05, 0.1) is 19.2 Å². The van der Waals surface area contributed by atoms with Gasteiger partial charge in [0.15, 0.2) is 0 Å². The number of amides is 1. The monoisotopic (exact) mass is 359 g/mol. The van der Waals surface area contributed by atoms with Gasteiger partial charge in [0.1, 0.15) is 6.04 Å². The first kappa shape index (κ1) is 20.5. The molecule has 136 valence electrons. The predicted octanol–water partition coefficient (Wildman–Crippen LogP) is 2.16. The van der Waals surface area contributed by atoms with E-state index in [-0.39, 0.29) is 24.9 Å². The molecule has 3 atom stereocenters. The summed E-state index contributed by atoms with van der Waals surface area (Å²) in [4.78, 5) is 28.8. The number of hydrogen-bond donors (Lipinski definition) is 1. The van der Waals surface area contributed by atoms with Gasteiger partial charge in [-0.3, -0.25) is 4.79 Å². The van der Waals surface area contributed by atoms with Gasteiger partial charge in [0.2, 0.25) is 5.91 Å². The van der Waals surface area contributed by atoms with Crippen LogP contribution in [0.3, 0.4) is 0 Å². The first-order chi connectivity index (χ1) is 11.1. The van der Waals surface area contributed by atoms with Crippen molar-refractivity contribution in [2.45, 2.75) is 63.1 Å². The minimum Gasteiger partial charge on any atom is -0.467 e. The van der Waals surface area contributed by atoms with E-state index in [0.717, 1.165) is 12.8 Å². The topological polar surface area (TPSA) is 121 Å². The van der Waals surface area contributed by atoms with Crippen molar-refractivity contribution in [1.29, 1.82) is 0 Å². The van der Waals surface area contributed by atoms with Gasteiger partial charge in [-0.25, -0.2) is 4.79 Å². The fourth-order valence-corrected chi connectivity index (χ4v) is 3.67. The summed E-state index contributed by atoms with van der Waals surface area (Å²) in [5.41, 5.74) is 14.7. The van der Waals surface area contributed by atoms with Crippen molar-refractivity contribution in [2.24, 2.45) is 16.8 Å². The van der Waals surface area contributed by atoms with Gasteiger partial charge in [0, 0.05) is 11.5 Å². The summed E-state index contributed by atoms with van der Waals surface area (Å²) >= 11 is 0. The van der Waals surface area contributed by atoms with Crippen molar-refractivity contribution in [3.05, 3.63) is 10.4 Å². The van der Waals surface area contributed by atoms with Gasteiger partial charge < -0.3 is 15.4 Å². The molecule has 2 N–H and O–H groups in total. The zero-order valence-electron chi connectivity index (χ0n) is 14.0. The van der Waals surface area contributed by atoms with Crippen molar-refractivity contribution < 1.29 is 14.3 Å². The Morgan fingerprint density at radius 2 is 2.04 bits per heavy atom. The lowest BCUT2D eigenvalue weighted by Gasteiger charge is -2.29. The van der Waals surface area contributed by atoms with Crippen molar-refractivity contribution in [1.82, 2.24) is 4.90 Å². The molecular formula is C15H26ClN5O3. The smallest absolute Gasteiger partial charge is 0.328 e. The van der Waals surface area contributed by atoms with E-state index in [1.54, 1.807) is 0 Å². The number of halogens is 1. The first-order valence-electron chi connectivity index (χ1n) is 8.25. The number of methoxy groups -OCH3 is 1. The highest BCUT2D eigenvalue weighted by Gasteiger charge is 2.41. The maximum atomic E-state index is 12.7. The number of esters is 1. The fourth-order valence-electron chi connectivity index (χ4n) is 3.67. The van der Waals surface area contributed by atoms with Crippen LogP contribution in [0, 0.1) is 5.92 Å². The molecule has 0 spiro atoms. The molecule has 0 aromatic carbocycles. The first-order valence-corrected chi connectivity index (χ1v) is 8.25. The Morgan fingerprint density at radius 1 is 1.38 bits per heavy atom. The van der Waals surface area contributed by atoms with Crippen LogP contribution >= 0.6 is 12.4 Å². The summed E-state index contributed by atoms with van der Waals surface area (Å²) in [6.45, 7) is 0.223. The van der Waals surface area contributed by atoms with Crippen molar-refractivity contribution in [2.75, 3.05) is 13.7 Å². The molecule has 0 bridgehead atoms. The molecule has 0 aromatic heterocycles. The Labute approximate surface area is 148 Å². The molecule has 1 saturated heterocycles. The summed E-state index contributed by atoms with van der Waals surface area (Å²) in [7, 11) is 1.29. The molecule has 1 saturated carbocycles. The van der Waals surface area contributed by atoms with E-state index in [2.05, 4.69) is 10.0 Å². The molecule has 1 aliphatic carbocycles. The standard InChI is InChI=1S/C15H25N5O3.ClH/c1-23-15(22)13-8-11(18-19-17)9-20(13)14(21)12(16)7-10-5-3-2-4-6-10;/h10-13H,2-9,16H2,1H3;1H/t11-,12?,13+;/m1./s1. The normalized spacial score (nSPS) is 25.3. The molecule has 2 rings (SSSR count). The predicted molar refractivity (Wildman–Crippen MR) is 91.5 cm³/mol. The Morgan fingerprint density at radius 3 is 2.62 bits per heavy atom. The zero-order chi connectivity index (χ0) is 16.8. The highest BCUT2D eigenvalue weighted by molar-refractivity contribution is 5.88. The van der Waals surface area contributed by atoms with Crippen LogP contribution in [-0.4, -0.2) is 48.6 Å². The molecule has 8 nitrogen and oxygen atoms in total. The fraction of sp³-hybridized carbons (Fsp3) is 0.867. The van der Waals surface area contributed by atoms with E-state index in [1.165, 1.54) is 31.3 Å². The van der Waals surface area contributed by atoms with Crippen molar-refractivity contribution >= 4 is 24.3 Å². The molecule has 1 amide bonds. The van der Waals surface area contributed by atoms with Crippen LogP contribution in [-0.2, 0) is 14.3 Å². The Balaban J connectivity index is 0.00000288. The maximum Gasteiger partial charge on any atom is 0.328 e. The lowest BCUT2D eigenvalue weighted by Crippen LogP contribution is -2.49. The van der Waals surface area contributed by atoms with Crippen LogP contribution in [0.15, 0.2) is 5.11 Å². The Bertz CT molecular complexity index is 492. The van der Waals surface area contributed by atoms with E-state index in [9.17, 15) is 9.59 Å². The minimum atomic E-state index is -0.708. The maximum absolute atomic E-state index is 12.7. The SMILES string of the molecule is COC(=O)[C@@H]1C[C@@H](N=[N+]=[N-])CN1C(=O)C(N)CC1CCCCC1.Cl. The summed E-state index contributed by atoms with van der Waals surface area (Å²) in [5.74, 6) is -0.254. The van der Waals surface area contributed by atoms with Gasteiger partial charge in [-0.15, -0.1) is 12.4 Å². The summed E-state index contributed by atoms with van der Waals surface area (Å²) in [6, 6.07) is -1.73. The van der Waals surface area contributed by atoms with E-state index in [1.807, 2.05) is 0 Å². The van der Waals surface area contributed by atoms with Crippen LogP contribution in [0.2, 0.25) is 0 Å². The third-order valence-electron chi connectivity index (χ3n) is 4.88.